The van der Waals surface area contributed by atoms with Gasteiger partial charge in [0.1, 0.15) is 5.69 Å². The number of nitrogens with zero attached hydrogens (tertiary/aromatic N) is 2. The maximum atomic E-state index is 9.50. The third kappa shape index (κ3) is 2.99. The van der Waals surface area contributed by atoms with E-state index < -0.39 is 0 Å². The molecule has 0 aliphatic carbocycles. The summed E-state index contributed by atoms with van der Waals surface area (Å²) in [5, 5.41) is 14.6. The molecule has 6 heteroatoms. The Balaban J connectivity index is 1.74. The minimum Gasteiger partial charge on any atom is -0.392 e. The zero-order valence-electron chi connectivity index (χ0n) is 10.7. The molecule has 1 N–H and O–H groups in total. The van der Waals surface area contributed by atoms with Crippen molar-refractivity contribution in [3.8, 4) is 11.3 Å². The van der Waals surface area contributed by atoms with Crippen LogP contribution in [0, 0.1) is 0 Å². The Kier molecular flexibility index (Phi) is 3.98. The lowest BCUT2D eigenvalue weighted by Crippen LogP contribution is -2.21. The summed E-state index contributed by atoms with van der Waals surface area (Å²) < 4.78 is 5.34. The monoisotopic (exact) mass is 312 g/mol. The summed E-state index contributed by atoms with van der Waals surface area (Å²) >= 11 is 11.9. The molecule has 1 aromatic carbocycles. The molecule has 0 bridgehead atoms. The molecule has 20 heavy (non-hydrogen) atoms. The van der Waals surface area contributed by atoms with Gasteiger partial charge in [-0.1, -0.05) is 34.4 Å². The Morgan fingerprint density at radius 1 is 1.30 bits per heavy atom. The number of aliphatic hydroxyl groups is 1. The number of hydrogen-bond donors (Lipinski definition) is 1. The van der Waals surface area contributed by atoms with Crippen molar-refractivity contribution < 1.29 is 9.63 Å². The van der Waals surface area contributed by atoms with Crippen LogP contribution in [0.5, 0.6) is 0 Å². The van der Waals surface area contributed by atoms with Crippen LogP contribution in [0.4, 0.5) is 0 Å². The van der Waals surface area contributed by atoms with Crippen molar-refractivity contribution in [2.24, 2.45) is 0 Å². The van der Waals surface area contributed by atoms with E-state index >= 15 is 0 Å². The molecule has 0 spiro atoms. The van der Waals surface area contributed by atoms with Crippen LogP contribution in [0.25, 0.3) is 11.3 Å². The normalized spacial score (nSPS) is 19.6. The van der Waals surface area contributed by atoms with E-state index in [1.165, 1.54) is 0 Å². The van der Waals surface area contributed by atoms with E-state index in [1.54, 1.807) is 12.1 Å². The second kappa shape index (κ2) is 5.74. The van der Waals surface area contributed by atoms with Gasteiger partial charge >= 0.3 is 0 Å². The van der Waals surface area contributed by atoms with Crippen molar-refractivity contribution >= 4 is 23.2 Å². The van der Waals surface area contributed by atoms with Gasteiger partial charge in [-0.2, -0.15) is 0 Å². The first kappa shape index (κ1) is 13.9. The molecule has 1 fully saturated rings. The van der Waals surface area contributed by atoms with Gasteiger partial charge in [0.25, 0.3) is 0 Å². The smallest absolute Gasteiger partial charge is 0.151 e. The van der Waals surface area contributed by atoms with E-state index in [2.05, 4.69) is 10.1 Å². The number of likely N-dealkylation sites (tertiary alicyclic amines) is 1. The van der Waals surface area contributed by atoms with Crippen molar-refractivity contribution in [3.05, 3.63) is 40.1 Å². The standard InChI is InChI=1S/C14H14Cl2N2O2/c15-12-2-1-9(5-13(12)16)14-6-11(20-17-14)8-18-4-3-10(19)7-18/h1-2,5-6,10,19H,3-4,7-8H2/t10-/m1/s1. The fraction of sp³-hybridized carbons (Fsp3) is 0.357. The number of β-amino-alcohol motifs (C(OH)–C–C–N with tert-alkyl or cyclic N) is 1. The third-order valence-electron chi connectivity index (χ3n) is 3.40. The van der Waals surface area contributed by atoms with Crippen LogP contribution in [0.3, 0.4) is 0 Å². The molecule has 0 saturated carbocycles. The largest absolute Gasteiger partial charge is 0.392 e. The summed E-state index contributed by atoms with van der Waals surface area (Å²) in [6.45, 7) is 2.22. The molecule has 4 nitrogen and oxygen atoms in total. The lowest BCUT2D eigenvalue weighted by Gasteiger charge is -2.11. The van der Waals surface area contributed by atoms with Crippen LogP contribution < -0.4 is 0 Å². The molecule has 2 heterocycles. The van der Waals surface area contributed by atoms with E-state index in [0.717, 1.165) is 30.0 Å². The van der Waals surface area contributed by atoms with Gasteiger partial charge in [-0.05, 0) is 18.6 Å². The van der Waals surface area contributed by atoms with E-state index in [0.29, 0.717) is 23.1 Å². The first-order chi connectivity index (χ1) is 9.61. The Labute approximate surface area is 126 Å². The van der Waals surface area contributed by atoms with Crippen LogP contribution in [-0.2, 0) is 6.54 Å². The fourth-order valence-electron chi connectivity index (χ4n) is 2.36. The summed E-state index contributed by atoms with van der Waals surface area (Å²) in [6.07, 6.45) is 0.584. The third-order valence-corrected chi connectivity index (χ3v) is 4.14. The fourth-order valence-corrected chi connectivity index (χ4v) is 2.65. The minimum absolute atomic E-state index is 0.229. The van der Waals surface area contributed by atoms with Gasteiger partial charge in [0.15, 0.2) is 5.76 Å². The number of benzene rings is 1. The molecule has 106 valence electrons. The highest BCUT2D eigenvalue weighted by Gasteiger charge is 2.21. The number of aliphatic hydroxyl groups excluding tert-OH is 1. The highest BCUT2D eigenvalue weighted by molar-refractivity contribution is 6.42. The first-order valence-electron chi connectivity index (χ1n) is 6.43. The molecule has 0 radical (unpaired) electrons. The van der Waals surface area contributed by atoms with Crippen LogP contribution in [-0.4, -0.2) is 34.4 Å². The maximum Gasteiger partial charge on any atom is 0.151 e. The van der Waals surface area contributed by atoms with E-state index in [4.69, 9.17) is 27.7 Å². The van der Waals surface area contributed by atoms with Gasteiger partial charge in [0.05, 0.1) is 22.7 Å². The Bertz CT molecular complexity index is 615. The summed E-state index contributed by atoms with van der Waals surface area (Å²) in [6, 6.07) is 7.26. The molecule has 1 aliphatic heterocycles. The molecule has 1 aliphatic rings. The average molecular weight is 313 g/mol. The Morgan fingerprint density at radius 3 is 2.85 bits per heavy atom. The Morgan fingerprint density at radius 2 is 2.15 bits per heavy atom. The minimum atomic E-state index is -0.229. The molecular weight excluding hydrogens is 299 g/mol. The van der Waals surface area contributed by atoms with Crippen LogP contribution in [0.15, 0.2) is 28.8 Å². The highest BCUT2D eigenvalue weighted by atomic mass is 35.5. The maximum absolute atomic E-state index is 9.50. The summed E-state index contributed by atoms with van der Waals surface area (Å²) in [4.78, 5) is 2.14. The number of rotatable bonds is 3. The van der Waals surface area contributed by atoms with Gasteiger partial charge in [-0.25, -0.2) is 0 Å². The zero-order chi connectivity index (χ0) is 14.1. The number of aromatic nitrogens is 1. The molecule has 2 aromatic rings. The zero-order valence-corrected chi connectivity index (χ0v) is 12.2. The SMILES string of the molecule is O[C@@H]1CCN(Cc2cc(-c3ccc(Cl)c(Cl)c3)no2)C1. The van der Waals surface area contributed by atoms with Crippen molar-refractivity contribution in [1.82, 2.24) is 10.1 Å². The lowest BCUT2D eigenvalue weighted by molar-refractivity contribution is 0.170. The van der Waals surface area contributed by atoms with Gasteiger partial charge in [0.2, 0.25) is 0 Å². The second-order valence-corrected chi connectivity index (χ2v) is 5.80. The van der Waals surface area contributed by atoms with Gasteiger partial charge < -0.3 is 9.63 Å². The van der Waals surface area contributed by atoms with Crippen LogP contribution in [0.1, 0.15) is 12.2 Å². The molecule has 0 amide bonds. The van der Waals surface area contributed by atoms with Crippen LogP contribution in [0.2, 0.25) is 10.0 Å². The van der Waals surface area contributed by atoms with Crippen molar-refractivity contribution in [1.29, 1.82) is 0 Å². The lowest BCUT2D eigenvalue weighted by atomic mass is 10.1. The molecule has 1 atom stereocenters. The highest BCUT2D eigenvalue weighted by Crippen LogP contribution is 2.28. The summed E-state index contributed by atoms with van der Waals surface area (Å²) in [5.74, 6) is 0.778. The summed E-state index contributed by atoms with van der Waals surface area (Å²) in [5.41, 5.74) is 1.61. The van der Waals surface area contributed by atoms with Gasteiger partial charge in [-0.15, -0.1) is 0 Å². The van der Waals surface area contributed by atoms with Gasteiger partial charge in [-0.3, -0.25) is 4.90 Å². The predicted octanol–water partition coefficient (Wildman–Crippen LogP) is 3.22. The first-order valence-corrected chi connectivity index (χ1v) is 7.19. The van der Waals surface area contributed by atoms with Crippen molar-refractivity contribution in [2.75, 3.05) is 13.1 Å². The van der Waals surface area contributed by atoms with E-state index in [9.17, 15) is 5.11 Å². The molecular formula is C14H14Cl2N2O2. The molecule has 0 unspecified atom stereocenters. The van der Waals surface area contributed by atoms with Crippen LogP contribution >= 0.6 is 23.2 Å². The quantitative estimate of drug-likeness (QED) is 0.945. The molecule has 3 rings (SSSR count). The number of halogens is 2. The predicted molar refractivity (Wildman–Crippen MR) is 77.9 cm³/mol. The topological polar surface area (TPSA) is 49.5 Å². The molecule has 1 saturated heterocycles. The average Bonchev–Trinajstić information content (AvgIpc) is 3.03. The second-order valence-electron chi connectivity index (χ2n) is 4.98. The van der Waals surface area contributed by atoms with E-state index in [1.807, 2.05) is 12.1 Å². The van der Waals surface area contributed by atoms with E-state index in [-0.39, 0.29) is 6.10 Å². The number of hydrogen-bond acceptors (Lipinski definition) is 4. The van der Waals surface area contributed by atoms with Gasteiger partial charge in [0, 0.05) is 24.7 Å². The summed E-state index contributed by atoms with van der Waals surface area (Å²) in [7, 11) is 0. The van der Waals surface area contributed by atoms with Crippen molar-refractivity contribution in [2.45, 2.75) is 19.1 Å². The molecule has 1 aromatic heterocycles. The van der Waals surface area contributed by atoms with Crippen molar-refractivity contribution in [3.63, 3.8) is 0 Å². The Hall–Kier alpha value is -1.07.